The van der Waals surface area contributed by atoms with Crippen LogP contribution in [0.4, 0.5) is 0 Å². The first-order chi connectivity index (χ1) is 9.42. The van der Waals surface area contributed by atoms with E-state index in [1.54, 1.807) is 10.6 Å². The summed E-state index contributed by atoms with van der Waals surface area (Å²) in [5, 5.41) is 10.2. The summed E-state index contributed by atoms with van der Waals surface area (Å²) in [4.78, 5) is 23.9. The molecule has 2 rings (SSSR count). The van der Waals surface area contributed by atoms with Crippen LogP contribution in [0, 0.1) is 0 Å². The highest BCUT2D eigenvalue weighted by molar-refractivity contribution is 5.80. The molecular weight excluding hydrogens is 260 g/mol. The van der Waals surface area contributed by atoms with Crippen LogP contribution in [-0.2, 0) is 22.6 Å². The number of carbonyl (C=O) groups excluding carboxylic acids is 1. The lowest BCUT2D eigenvalue weighted by atomic mass is 10.1. The van der Waals surface area contributed by atoms with Crippen molar-refractivity contribution in [2.75, 3.05) is 7.11 Å². The van der Waals surface area contributed by atoms with E-state index < -0.39 is 11.6 Å². The number of benzene rings is 1. The number of hydrogen-bond donors (Lipinski definition) is 1. The summed E-state index contributed by atoms with van der Waals surface area (Å²) in [6.45, 7) is 3.58. The first kappa shape index (κ1) is 14.3. The van der Waals surface area contributed by atoms with Crippen LogP contribution in [0.25, 0.3) is 11.0 Å². The van der Waals surface area contributed by atoms with E-state index >= 15 is 0 Å². The molecule has 0 amide bonds. The van der Waals surface area contributed by atoms with E-state index in [9.17, 15) is 14.7 Å². The van der Waals surface area contributed by atoms with Crippen LogP contribution in [0.1, 0.15) is 13.8 Å². The molecule has 0 radical (unpaired) electrons. The summed E-state index contributed by atoms with van der Waals surface area (Å²) in [7, 11) is 1.20. The Bertz CT molecular complexity index is 697. The van der Waals surface area contributed by atoms with Gasteiger partial charge in [-0.1, -0.05) is 12.1 Å². The molecule has 108 valence electrons. The molecule has 1 atom stereocenters. The number of fused-ring (bicyclic) bond motifs is 1. The summed E-state index contributed by atoms with van der Waals surface area (Å²) in [6.07, 6.45) is 0. The van der Waals surface area contributed by atoms with Crippen molar-refractivity contribution in [2.45, 2.75) is 32.5 Å². The third kappa shape index (κ3) is 2.22. The number of para-hydroxylation sites is 2. The molecule has 6 heteroatoms. The van der Waals surface area contributed by atoms with E-state index in [0.29, 0.717) is 12.1 Å². The van der Waals surface area contributed by atoms with Gasteiger partial charge in [-0.3, -0.25) is 9.13 Å². The van der Waals surface area contributed by atoms with Crippen molar-refractivity contribution < 1.29 is 14.6 Å². The molecule has 1 heterocycles. The number of ether oxygens (including phenoxy) is 1. The summed E-state index contributed by atoms with van der Waals surface area (Å²) in [6, 6.07) is 7.28. The molecule has 20 heavy (non-hydrogen) atoms. The van der Waals surface area contributed by atoms with Crippen LogP contribution in [0.5, 0.6) is 0 Å². The normalized spacial score (nSPS) is 14.2. The van der Waals surface area contributed by atoms with Crippen molar-refractivity contribution in [1.82, 2.24) is 9.13 Å². The third-order valence-electron chi connectivity index (χ3n) is 3.33. The summed E-state index contributed by atoms with van der Waals surface area (Å²) < 4.78 is 7.56. The highest BCUT2D eigenvalue weighted by Crippen LogP contribution is 2.16. The lowest BCUT2D eigenvalue weighted by Gasteiger charge is -2.20. The maximum atomic E-state index is 12.4. The van der Waals surface area contributed by atoms with Gasteiger partial charge in [-0.25, -0.2) is 9.59 Å². The number of hydrogen-bond acceptors (Lipinski definition) is 4. The minimum Gasteiger partial charge on any atom is -0.467 e. The van der Waals surface area contributed by atoms with E-state index in [-0.39, 0.29) is 12.2 Å². The number of rotatable bonds is 4. The van der Waals surface area contributed by atoms with Crippen LogP contribution < -0.4 is 5.69 Å². The molecule has 0 spiro atoms. The van der Waals surface area contributed by atoms with E-state index in [0.717, 1.165) is 5.52 Å². The molecule has 1 N–H and O–H groups in total. The van der Waals surface area contributed by atoms with Crippen molar-refractivity contribution in [1.29, 1.82) is 0 Å². The highest BCUT2D eigenvalue weighted by atomic mass is 16.5. The van der Waals surface area contributed by atoms with E-state index in [2.05, 4.69) is 4.74 Å². The van der Waals surface area contributed by atoms with E-state index in [1.165, 1.54) is 18.6 Å². The Morgan fingerprint density at radius 1 is 1.30 bits per heavy atom. The van der Waals surface area contributed by atoms with E-state index in [1.807, 2.05) is 25.1 Å². The Labute approximate surface area is 116 Å². The van der Waals surface area contributed by atoms with Crippen LogP contribution in [0.2, 0.25) is 0 Å². The van der Waals surface area contributed by atoms with Gasteiger partial charge in [0.1, 0.15) is 0 Å². The fraction of sp³-hybridized carbons (Fsp3) is 0.429. The van der Waals surface area contributed by atoms with Gasteiger partial charge in [-0.2, -0.15) is 0 Å². The molecule has 0 bridgehead atoms. The molecule has 0 aliphatic rings. The number of aryl methyl sites for hydroxylation is 1. The number of nitrogens with zero attached hydrogens (tertiary/aromatic N) is 2. The standard InChI is InChI=1S/C14H18N2O4/c1-4-15-10-7-5-6-8-11(10)16(13(15)18)9-14(2,19)12(17)20-3/h5-8,19H,4,9H2,1-3H3. The van der Waals surface area contributed by atoms with Gasteiger partial charge in [0.15, 0.2) is 5.60 Å². The van der Waals surface area contributed by atoms with Gasteiger partial charge in [-0.05, 0) is 26.0 Å². The molecule has 0 fully saturated rings. The van der Waals surface area contributed by atoms with Gasteiger partial charge < -0.3 is 9.84 Å². The van der Waals surface area contributed by atoms with E-state index in [4.69, 9.17) is 0 Å². The van der Waals surface area contributed by atoms with Crippen LogP contribution in [0.3, 0.4) is 0 Å². The minimum atomic E-state index is -1.75. The zero-order valence-electron chi connectivity index (χ0n) is 11.8. The molecule has 0 saturated heterocycles. The number of methoxy groups -OCH3 is 1. The van der Waals surface area contributed by atoms with Gasteiger partial charge in [0.25, 0.3) is 0 Å². The summed E-state index contributed by atoms with van der Waals surface area (Å²) in [5.74, 6) is -0.766. The molecule has 6 nitrogen and oxygen atoms in total. The second-order valence-corrected chi connectivity index (χ2v) is 4.87. The zero-order chi connectivity index (χ0) is 14.9. The topological polar surface area (TPSA) is 73.5 Å². The SMILES string of the molecule is CCn1c(=O)n(CC(C)(O)C(=O)OC)c2ccccc21. The highest BCUT2D eigenvalue weighted by Gasteiger charge is 2.33. The second-order valence-electron chi connectivity index (χ2n) is 4.87. The minimum absolute atomic E-state index is 0.147. The van der Waals surface area contributed by atoms with Crippen LogP contribution >= 0.6 is 0 Å². The van der Waals surface area contributed by atoms with Crippen LogP contribution in [-0.4, -0.2) is 32.9 Å². The Morgan fingerprint density at radius 2 is 1.85 bits per heavy atom. The van der Waals surface area contributed by atoms with Crippen molar-refractivity contribution in [3.05, 3.63) is 34.7 Å². The molecule has 1 unspecified atom stereocenters. The number of esters is 1. The number of aliphatic hydroxyl groups is 1. The molecule has 1 aromatic heterocycles. The fourth-order valence-electron chi connectivity index (χ4n) is 2.32. The molecule has 0 saturated carbocycles. The average Bonchev–Trinajstić information content (AvgIpc) is 2.70. The predicted molar refractivity (Wildman–Crippen MR) is 74.5 cm³/mol. The molecule has 0 aliphatic heterocycles. The Kier molecular flexibility index (Phi) is 3.67. The Balaban J connectivity index is 2.58. The molecular formula is C14H18N2O4. The number of imidazole rings is 1. The van der Waals surface area contributed by atoms with Crippen LogP contribution in [0.15, 0.2) is 29.1 Å². The van der Waals surface area contributed by atoms with Crippen molar-refractivity contribution >= 4 is 17.0 Å². The molecule has 2 aromatic rings. The number of carbonyl (C=O) groups is 1. The third-order valence-corrected chi connectivity index (χ3v) is 3.33. The zero-order valence-corrected chi connectivity index (χ0v) is 11.8. The first-order valence-electron chi connectivity index (χ1n) is 6.41. The Morgan fingerprint density at radius 3 is 2.35 bits per heavy atom. The lowest BCUT2D eigenvalue weighted by Crippen LogP contribution is -2.43. The molecule has 0 aliphatic carbocycles. The smallest absolute Gasteiger partial charge is 0.339 e. The van der Waals surface area contributed by atoms with Crippen molar-refractivity contribution in [3.63, 3.8) is 0 Å². The first-order valence-corrected chi connectivity index (χ1v) is 6.41. The second kappa shape index (κ2) is 5.13. The predicted octanol–water partition coefficient (Wildman–Crippen LogP) is 0.747. The van der Waals surface area contributed by atoms with Gasteiger partial charge in [0, 0.05) is 6.54 Å². The maximum absolute atomic E-state index is 12.4. The maximum Gasteiger partial charge on any atom is 0.339 e. The molecule has 1 aromatic carbocycles. The summed E-state index contributed by atoms with van der Waals surface area (Å²) in [5.41, 5.74) is -0.538. The number of aromatic nitrogens is 2. The van der Waals surface area contributed by atoms with Gasteiger partial charge >= 0.3 is 11.7 Å². The lowest BCUT2D eigenvalue weighted by molar-refractivity contribution is -0.161. The largest absolute Gasteiger partial charge is 0.467 e. The van der Waals surface area contributed by atoms with Gasteiger partial charge in [0.2, 0.25) is 0 Å². The van der Waals surface area contributed by atoms with Gasteiger partial charge in [-0.15, -0.1) is 0 Å². The fourth-order valence-corrected chi connectivity index (χ4v) is 2.32. The average molecular weight is 278 g/mol. The monoisotopic (exact) mass is 278 g/mol. The van der Waals surface area contributed by atoms with Gasteiger partial charge in [0.05, 0.1) is 24.7 Å². The van der Waals surface area contributed by atoms with Crippen molar-refractivity contribution in [2.24, 2.45) is 0 Å². The summed E-state index contributed by atoms with van der Waals surface area (Å²) >= 11 is 0. The quantitative estimate of drug-likeness (QED) is 0.837. The van der Waals surface area contributed by atoms with Crippen molar-refractivity contribution in [3.8, 4) is 0 Å². The Hall–Kier alpha value is -2.08.